The van der Waals surface area contributed by atoms with Crippen molar-refractivity contribution in [2.45, 2.75) is 20.1 Å². The smallest absolute Gasteiger partial charge is 0.254 e. The molecule has 0 unspecified atom stereocenters. The van der Waals surface area contributed by atoms with E-state index in [0.29, 0.717) is 18.4 Å². The van der Waals surface area contributed by atoms with Crippen LogP contribution in [0.1, 0.15) is 17.0 Å². The molecule has 0 atom stereocenters. The summed E-state index contributed by atoms with van der Waals surface area (Å²) in [6.07, 6.45) is 0. The van der Waals surface area contributed by atoms with Crippen molar-refractivity contribution in [1.82, 2.24) is 10.2 Å². The second-order valence-electron chi connectivity index (χ2n) is 6.55. The zero-order chi connectivity index (χ0) is 20.1. The van der Waals surface area contributed by atoms with Crippen LogP contribution in [0.3, 0.4) is 0 Å². The molecule has 0 spiro atoms. The topological polar surface area (TPSA) is 57.4 Å². The van der Waals surface area contributed by atoms with Crippen molar-refractivity contribution in [3.05, 3.63) is 94.3 Å². The lowest BCUT2D eigenvalue weighted by Gasteiger charge is -2.07. The van der Waals surface area contributed by atoms with E-state index in [-0.39, 0.29) is 6.61 Å². The molecule has 3 aromatic carbocycles. The third-order valence-electron chi connectivity index (χ3n) is 4.21. The fourth-order valence-electron chi connectivity index (χ4n) is 2.77. The Kier molecular flexibility index (Phi) is 5.91. The number of rotatable bonds is 7. The molecule has 0 radical (unpaired) electrons. The molecule has 0 aliphatic rings. The van der Waals surface area contributed by atoms with Crippen molar-refractivity contribution in [2.75, 3.05) is 0 Å². The van der Waals surface area contributed by atoms with Gasteiger partial charge < -0.3 is 13.9 Å². The SMILES string of the molecule is Cc1cccc(OCc2nnc(-c3ccc(OCc4cccc(Br)c4)cc3)o2)c1. The molecule has 1 aromatic heterocycles. The second kappa shape index (κ2) is 8.92. The molecule has 0 N–H and O–H groups in total. The van der Waals surface area contributed by atoms with Crippen LogP contribution in [-0.2, 0) is 13.2 Å². The lowest BCUT2D eigenvalue weighted by atomic mass is 10.2. The fourth-order valence-corrected chi connectivity index (χ4v) is 3.21. The van der Waals surface area contributed by atoms with Crippen LogP contribution in [0.5, 0.6) is 11.5 Å². The summed E-state index contributed by atoms with van der Waals surface area (Å²) in [5, 5.41) is 8.17. The van der Waals surface area contributed by atoms with Gasteiger partial charge in [-0.15, -0.1) is 10.2 Å². The summed E-state index contributed by atoms with van der Waals surface area (Å²) >= 11 is 3.47. The first-order valence-corrected chi connectivity index (χ1v) is 9.94. The molecule has 29 heavy (non-hydrogen) atoms. The van der Waals surface area contributed by atoms with Gasteiger partial charge in [-0.05, 0) is 66.6 Å². The van der Waals surface area contributed by atoms with Gasteiger partial charge in [-0.1, -0.05) is 40.2 Å². The molecule has 0 bridgehead atoms. The number of ether oxygens (including phenoxy) is 2. The van der Waals surface area contributed by atoms with Crippen molar-refractivity contribution < 1.29 is 13.9 Å². The van der Waals surface area contributed by atoms with Crippen molar-refractivity contribution in [3.63, 3.8) is 0 Å². The van der Waals surface area contributed by atoms with Crippen LogP contribution in [0.4, 0.5) is 0 Å². The predicted octanol–water partition coefficient (Wildman–Crippen LogP) is 5.97. The van der Waals surface area contributed by atoms with E-state index in [4.69, 9.17) is 13.9 Å². The van der Waals surface area contributed by atoms with Gasteiger partial charge >= 0.3 is 0 Å². The number of hydrogen-bond acceptors (Lipinski definition) is 5. The van der Waals surface area contributed by atoms with Crippen LogP contribution in [0, 0.1) is 6.92 Å². The van der Waals surface area contributed by atoms with Crippen LogP contribution in [0.25, 0.3) is 11.5 Å². The maximum atomic E-state index is 5.83. The normalized spacial score (nSPS) is 10.7. The van der Waals surface area contributed by atoms with Crippen LogP contribution in [-0.4, -0.2) is 10.2 Å². The van der Waals surface area contributed by atoms with Gasteiger partial charge in [-0.3, -0.25) is 0 Å². The van der Waals surface area contributed by atoms with E-state index in [0.717, 1.165) is 32.7 Å². The number of aryl methyl sites for hydroxylation is 1. The molecule has 5 nitrogen and oxygen atoms in total. The van der Waals surface area contributed by atoms with Crippen LogP contribution in [0.15, 0.2) is 81.7 Å². The van der Waals surface area contributed by atoms with Gasteiger partial charge in [0.05, 0.1) is 0 Å². The summed E-state index contributed by atoms with van der Waals surface area (Å²) in [7, 11) is 0. The molecule has 0 fully saturated rings. The third-order valence-corrected chi connectivity index (χ3v) is 4.71. The van der Waals surface area contributed by atoms with Gasteiger partial charge in [0.2, 0.25) is 5.89 Å². The Labute approximate surface area is 177 Å². The summed E-state index contributed by atoms with van der Waals surface area (Å²) < 4.78 is 18.3. The molecule has 0 aliphatic carbocycles. The van der Waals surface area contributed by atoms with E-state index >= 15 is 0 Å². The van der Waals surface area contributed by atoms with E-state index < -0.39 is 0 Å². The highest BCUT2D eigenvalue weighted by Crippen LogP contribution is 2.23. The monoisotopic (exact) mass is 450 g/mol. The van der Waals surface area contributed by atoms with Crippen LogP contribution >= 0.6 is 15.9 Å². The first-order chi connectivity index (χ1) is 14.2. The largest absolute Gasteiger partial charge is 0.489 e. The summed E-state index contributed by atoms with van der Waals surface area (Å²) in [5.41, 5.74) is 3.06. The minimum atomic E-state index is 0.226. The van der Waals surface area contributed by atoms with Gasteiger partial charge in [-0.2, -0.15) is 0 Å². The van der Waals surface area contributed by atoms with Crippen LogP contribution < -0.4 is 9.47 Å². The predicted molar refractivity (Wildman–Crippen MR) is 114 cm³/mol. The number of halogens is 1. The zero-order valence-electron chi connectivity index (χ0n) is 15.8. The van der Waals surface area contributed by atoms with Crippen molar-refractivity contribution in [1.29, 1.82) is 0 Å². The molecule has 4 aromatic rings. The molecular formula is C23H19BrN2O3. The lowest BCUT2D eigenvalue weighted by molar-refractivity contribution is 0.264. The lowest BCUT2D eigenvalue weighted by Crippen LogP contribution is -1.95. The fraction of sp³-hybridized carbons (Fsp3) is 0.130. The van der Waals surface area contributed by atoms with E-state index in [1.807, 2.05) is 79.7 Å². The van der Waals surface area contributed by atoms with Gasteiger partial charge in [-0.25, -0.2) is 0 Å². The molecule has 1 heterocycles. The third kappa shape index (κ3) is 5.23. The highest BCUT2D eigenvalue weighted by Gasteiger charge is 2.10. The molecule has 6 heteroatoms. The Morgan fingerprint density at radius 1 is 0.828 bits per heavy atom. The van der Waals surface area contributed by atoms with E-state index in [9.17, 15) is 0 Å². The first-order valence-electron chi connectivity index (χ1n) is 9.15. The van der Waals surface area contributed by atoms with E-state index in [1.54, 1.807) is 0 Å². The van der Waals surface area contributed by atoms with Crippen molar-refractivity contribution in [3.8, 4) is 23.0 Å². The van der Waals surface area contributed by atoms with Crippen LogP contribution in [0.2, 0.25) is 0 Å². The summed E-state index contributed by atoms with van der Waals surface area (Å²) in [5.74, 6) is 2.43. The maximum Gasteiger partial charge on any atom is 0.254 e. The first kappa shape index (κ1) is 19.2. The average molecular weight is 451 g/mol. The summed E-state index contributed by atoms with van der Waals surface area (Å²) in [6.45, 7) is 2.74. The second-order valence-corrected chi connectivity index (χ2v) is 7.46. The molecular weight excluding hydrogens is 432 g/mol. The number of aromatic nitrogens is 2. The minimum absolute atomic E-state index is 0.226. The van der Waals surface area contributed by atoms with Gasteiger partial charge in [0.25, 0.3) is 5.89 Å². The molecule has 0 aliphatic heterocycles. The molecule has 0 amide bonds. The average Bonchev–Trinajstić information content (AvgIpc) is 3.20. The Morgan fingerprint density at radius 2 is 1.62 bits per heavy atom. The van der Waals surface area contributed by atoms with Gasteiger partial charge in [0.15, 0.2) is 6.61 Å². The number of hydrogen-bond donors (Lipinski definition) is 0. The minimum Gasteiger partial charge on any atom is -0.489 e. The highest BCUT2D eigenvalue weighted by atomic mass is 79.9. The number of nitrogens with zero attached hydrogens (tertiary/aromatic N) is 2. The summed E-state index contributed by atoms with van der Waals surface area (Å²) in [6, 6.07) is 23.4. The standard InChI is InChI=1S/C23H19BrN2O3/c1-16-4-2-7-21(12-16)28-15-22-25-26-23(29-22)18-8-10-20(11-9-18)27-14-17-5-3-6-19(24)13-17/h2-13H,14-15H2,1H3. The molecule has 0 saturated heterocycles. The van der Waals surface area contributed by atoms with Crippen molar-refractivity contribution >= 4 is 15.9 Å². The number of benzene rings is 3. The van der Waals surface area contributed by atoms with E-state index in [1.165, 1.54) is 0 Å². The Morgan fingerprint density at radius 3 is 2.41 bits per heavy atom. The van der Waals surface area contributed by atoms with Gasteiger partial charge in [0, 0.05) is 10.0 Å². The van der Waals surface area contributed by atoms with Gasteiger partial charge in [0.1, 0.15) is 18.1 Å². The van der Waals surface area contributed by atoms with Crippen molar-refractivity contribution in [2.24, 2.45) is 0 Å². The maximum absolute atomic E-state index is 5.83. The molecule has 0 saturated carbocycles. The summed E-state index contributed by atoms with van der Waals surface area (Å²) in [4.78, 5) is 0. The Balaban J connectivity index is 1.35. The zero-order valence-corrected chi connectivity index (χ0v) is 17.4. The quantitative estimate of drug-likeness (QED) is 0.347. The Hall–Kier alpha value is -3.12. The van der Waals surface area contributed by atoms with E-state index in [2.05, 4.69) is 26.1 Å². The molecule has 146 valence electrons. The molecule has 4 rings (SSSR count). The highest BCUT2D eigenvalue weighted by molar-refractivity contribution is 9.10. The Bertz CT molecular complexity index is 1090.